The highest BCUT2D eigenvalue weighted by molar-refractivity contribution is 6.16. The number of rotatable bonds is 2. The van der Waals surface area contributed by atoms with Gasteiger partial charge in [0.05, 0.1) is 5.52 Å². The Hall–Kier alpha value is -3.84. The van der Waals surface area contributed by atoms with Gasteiger partial charge in [-0.3, -0.25) is 0 Å². The predicted molar refractivity (Wildman–Crippen MR) is 129 cm³/mol. The van der Waals surface area contributed by atoms with Crippen LogP contribution in [-0.2, 0) is 7.05 Å². The van der Waals surface area contributed by atoms with Gasteiger partial charge in [-0.25, -0.2) is 0 Å². The van der Waals surface area contributed by atoms with E-state index in [9.17, 15) is 0 Å². The smallest absolute Gasteiger partial charge is 0.0501 e. The van der Waals surface area contributed by atoms with Crippen molar-refractivity contribution in [1.82, 2.24) is 4.57 Å². The Balaban J connectivity index is 1.77. The number of aryl methyl sites for hydroxylation is 1. The van der Waals surface area contributed by atoms with E-state index >= 15 is 0 Å². The van der Waals surface area contributed by atoms with Crippen LogP contribution in [0, 0.1) is 0 Å². The largest absolute Gasteiger partial charge is 0.344 e. The minimum Gasteiger partial charge on any atom is -0.344 e. The van der Waals surface area contributed by atoms with E-state index in [0.29, 0.717) is 0 Å². The van der Waals surface area contributed by atoms with Gasteiger partial charge in [-0.2, -0.15) is 0 Å². The van der Waals surface area contributed by atoms with E-state index in [4.69, 9.17) is 0 Å². The number of benzene rings is 5. The third-order valence-corrected chi connectivity index (χ3v) is 6.20. The minimum absolute atomic E-state index is 1.25. The molecule has 30 heavy (non-hydrogen) atoms. The highest BCUT2D eigenvalue weighted by Gasteiger charge is 2.16. The van der Waals surface area contributed by atoms with Gasteiger partial charge in [0.15, 0.2) is 0 Å². The summed E-state index contributed by atoms with van der Waals surface area (Å²) in [4.78, 5) is 0. The van der Waals surface area contributed by atoms with Gasteiger partial charge >= 0.3 is 0 Å². The first-order valence-electron chi connectivity index (χ1n) is 10.4. The molecule has 0 unspecified atom stereocenters. The molecule has 0 radical (unpaired) electrons. The molecule has 142 valence electrons. The van der Waals surface area contributed by atoms with Gasteiger partial charge in [-0.1, -0.05) is 91.0 Å². The van der Waals surface area contributed by atoms with Gasteiger partial charge < -0.3 is 4.57 Å². The molecule has 0 saturated carbocycles. The summed E-state index contributed by atoms with van der Waals surface area (Å²) in [5.41, 5.74) is 7.59. The molecule has 1 nitrogen and oxygen atoms in total. The van der Waals surface area contributed by atoms with Gasteiger partial charge in [0, 0.05) is 23.3 Å². The fourth-order valence-electron chi connectivity index (χ4n) is 4.76. The van der Waals surface area contributed by atoms with Crippen LogP contribution in [0.1, 0.15) is 0 Å². The summed E-state index contributed by atoms with van der Waals surface area (Å²) >= 11 is 0. The first-order chi connectivity index (χ1) is 14.8. The van der Waals surface area contributed by atoms with E-state index in [0.717, 1.165) is 0 Å². The molecular weight excluding hydrogens is 362 g/mol. The van der Waals surface area contributed by atoms with Crippen molar-refractivity contribution in [2.75, 3.05) is 0 Å². The second-order valence-electron chi connectivity index (χ2n) is 7.89. The number of aromatic nitrogens is 1. The summed E-state index contributed by atoms with van der Waals surface area (Å²) in [6.07, 6.45) is 0. The number of hydrogen-bond acceptors (Lipinski definition) is 0. The van der Waals surface area contributed by atoms with Crippen LogP contribution in [0.25, 0.3) is 54.8 Å². The molecule has 6 rings (SSSR count). The molecule has 5 aromatic carbocycles. The van der Waals surface area contributed by atoms with Gasteiger partial charge in [0.2, 0.25) is 0 Å². The van der Waals surface area contributed by atoms with E-state index in [-0.39, 0.29) is 0 Å². The molecule has 0 aliphatic heterocycles. The van der Waals surface area contributed by atoms with Crippen molar-refractivity contribution in [2.45, 2.75) is 0 Å². The maximum Gasteiger partial charge on any atom is 0.0501 e. The average Bonchev–Trinajstić information content (AvgIpc) is 3.11. The lowest BCUT2D eigenvalue weighted by Crippen LogP contribution is -1.89. The van der Waals surface area contributed by atoms with Crippen LogP contribution in [0.4, 0.5) is 0 Å². The first-order valence-corrected chi connectivity index (χ1v) is 10.4. The standard InChI is InChI=1S/C29H21N/c1-30-27-17-8-7-15-25(27)29-26(21-10-3-2-4-11-21)18-22(19-28(29)30)24-16-9-13-20-12-5-6-14-23(20)24/h2-19H,1H3. The Morgan fingerprint density at radius 2 is 1.20 bits per heavy atom. The Morgan fingerprint density at radius 3 is 2.07 bits per heavy atom. The molecule has 0 aliphatic carbocycles. The molecule has 0 bridgehead atoms. The van der Waals surface area contributed by atoms with Crippen LogP contribution >= 0.6 is 0 Å². The van der Waals surface area contributed by atoms with Crippen LogP contribution in [0.15, 0.2) is 109 Å². The molecule has 0 N–H and O–H groups in total. The molecule has 0 fully saturated rings. The van der Waals surface area contributed by atoms with E-state index < -0.39 is 0 Å². The first kappa shape index (κ1) is 17.1. The SMILES string of the molecule is Cn1c2ccccc2c2c(-c3ccccc3)cc(-c3cccc4ccccc34)cc21. The lowest BCUT2D eigenvalue weighted by atomic mass is 9.92. The van der Waals surface area contributed by atoms with Gasteiger partial charge in [-0.05, 0) is 51.2 Å². The van der Waals surface area contributed by atoms with Crippen molar-refractivity contribution in [1.29, 1.82) is 0 Å². The van der Waals surface area contributed by atoms with Crippen molar-refractivity contribution < 1.29 is 0 Å². The van der Waals surface area contributed by atoms with Crippen molar-refractivity contribution in [2.24, 2.45) is 7.05 Å². The monoisotopic (exact) mass is 383 g/mol. The fraction of sp³-hybridized carbons (Fsp3) is 0.0345. The summed E-state index contributed by atoms with van der Waals surface area (Å²) in [6.45, 7) is 0. The molecule has 0 aliphatic rings. The number of nitrogens with zero attached hydrogens (tertiary/aromatic N) is 1. The van der Waals surface area contributed by atoms with E-state index in [1.54, 1.807) is 0 Å². The third kappa shape index (κ3) is 2.49. The quantitative estimate of drug-likeness (QED) is 0.287. The van der Waals surface area contributed by atoms with Crippen LogP contribution in [0.5, 0.6) is 0 Å². The second kappa shape index (κ2) is 6.60. The maximum atomic E-state index is 2.37. The van der Waals surface area contributed by atoms with Crippen molar-refractivity contribution in [3.63, 3.8) is 0 Å². The normalized spacial score (nSPS) is 11.5. The molecule has 1 heteroatoms. The molecule has 0 saturated heterocycles. The Bertz CT molecular complexity index is 1530. The fourth-order valence-corrected chi connectivity index (χ4v) is 4.76. The van der Waals surface area contributed by atoms with Crippen LogP contribution in [-0.4, -0.2) is 4.57 Å². The third-order valence-electron chi connectivity index (χ3n) is 6.20. The summed E-state index contributed by atoms with van der Waals surface area (Å²) in [5.74, 6) is 0. The topological polar surface area (TPSA) is 4.93 Å². The van der Waals surface area contributed by atoms with Crippen molar-refractivity contribution in [3.8, 4) is 22.3 Å². The Kier molecular flexibility index (Phi) is 3.75. The summed E-state index contributed by atoms with van der Waals surface area (Å²) in [5, 5.41) is 5.19. The lowest BCUT2D eigenvalue weighted by molar-refractivity contribution is 1.01. The zero-order chi connectivity index (χ0) is 20.1. The van der Waals surface area contributed by atoms with Crippen molar-refractivity contribution in [3.05, 3.63) is 109 Å². The summed E-state index contributed by atoms with van der Waals surface area (Å²) < 4.78 is 2.33. The number of para-hydroxylation sites is 1. The second-order valence-corrected chi connectivity index (χ2v) is 7.89. The molecule has 0 spiro atoms. The van der Waals surface area contributed by atoms with Crippen LogP contribution < -0.4 is 0 Å². The highest BCUT2D eigenvalue weighted by atomic mass is 14.9. The number of hydrogen-bond donors (Lipinski definition) is 0. The van der Waals surface area contributed by atoms with Crippen LogP contribution in [0.3, 0.4) is 0 Å². The van der Waals surface area contributed by atoms with E-state index in [2.05, 4.69) is 121 Å². The zero-order valence-electron chi connectivity index (χ0n) is 16.8. The van der Waals surface area contributed by atoms with Crippen LogP contribution in [0.2, 0.25) is 0 Å². The van der Waals surface area contributed by atoms with Gasteiger partial charge in [0.25, 0.3) is 0 Å². The molecule has 0 amide bonds. The minimum atomic E-state index is 1.25. The molecule has 1 aromatic heterocycles. The number of fused-ring (bicyclic) bond motifs is 4. The zero-order valence-corrected chi connectivity index (χ0v) is 16.8. The highest BCUT2D eigenvalue weighted by Crippen LogP contribution is 2.40. The van der Waals surface area contributed by atoms with E-state index in [1.165, 1.54) is 54.8 Å². The molecular formula is C29H21N. The summed E-state index contributed by atoms with van der Waals surface area (Å²) in [6, 6.07) is 39.4. The molecule has 6 aromatic rings. The molecule has 0 atom stereocenters. The van der Waals surface area contributed by atoms with E-state index in [1.807, 2.05) is 0 Å². The molecule has 1 heterocycles. The van der Waals surface area contributed by atoms with Gasteiger partial charge in [0.1, 0.15) is 0 Å². The maximum absolute atomic E-state index is 2.37. The predicted octanol–water partition coefficient (Wildman–Crippen LogP) is 7.82. The lowest BCUT2D eigenvalue weighted by Gasteiger charge is -2.12. The Morgan fingerprint density at radius 1 is 0.500 bits per heavy atom. The van der Waals surface area contributed by atoms with Gasteiger partial charge in [-0.15, -0.1) is 0 Å². The Labute approximate surface area is 175 Å². The average molecular weight is 383 g/mol. The van der Waals surface area contributed by atoms with Crippen molar-refractivity contribution >= 4 is 32.6 Å². The summed E-state index contributed by atoms with van der Waals surface area (Å²) in [7, 11) is 2.17.